The van der Waals surface area contributed by atoms with Gasteiger partial charge in [-0.15, -0.1) is 0 Å². The van der Waals surface area contributed by atoms with Crippen LogP contribution in [0.4, 0.5) is 5.69 Å². The zero-order chi connectivity index (χ0) is 14.5. The standard InChI is InChI=1S/C18H22N2O/c19-17-9-7-15(8-10-17)4-3-11-20-12-13-21-18-6-2-1-5-16(18)14-20/h1-2,5-10H,3-4,11-14,19H2. The molecule has 1 aliphatic heterocycles. The van der Waals surface area contributed by atoms with Gasteiger partial charge in [-0.2, -0.15) is 0 Å². The summed E-state index contributed by atoms with van der Waals surface area (Å²) in [5, 5.41) is 0. The molecule has 3 rings (SSSR count). The van der Waals surface area contributed by atoms with Crippen LogP contribution >= 0.6 is 0 Å². The summed E-state index contributed by atoms with van der Waals surface area (Å²) < 4.78 is 5.80. The molecule has 1 aliphatic rings. The molecule has 0 atom stereocenters. The lowest BCUT2D eigenvalue weighted by atomic mass is 10.1. The summed E-state index contributed by atoms with van der Waals surface area (Å²) >= 11 is 0. The second kappa shape index (κ2) is 6.64. The van der Waals surface area contributed by atoms with E-state index in [2.05, 4.69) is 35.2 Å². The number of anilines is 1. The van der Waals surface area contributed by atoms with E-state index in [4.69, 9.17) is 10.5 Å². The Morgan fingerprint density at radius 2 is 1.86 bits per heavy atom. The van der Waals surface area contributed by atoms with Crippen LogP contribution in [0.15, 0.2) is 48.5 Å². The number of nitrogen functional groups attached to an aromatic ring is 1. The van der Waals surface area contributed by atoms with Crippen LogP contribution in [0.3, 0.4) is 0 Å². The van der Waals surface area contributed by atoms with Crippen LogP contribution < -0.4 is 10.5 Å². The number of hydrogen-bond donors (Lipinski definition) is 1. The molecule has 0 aliphatic carbocycles. The first-order chi connectivity index (χ1) is 10.3. The summed E-state index contributed by atoms with van der Waals surface area (Å²) in [6.45, 7) is 3.86. The number of nitrogens with zero attached hydrogens (tertiary/aromatic N) is 1. The van der Waals surface area contributed by atoms with Crippen LogP contribution in [-0.4, -0.2) is 24.6 Å². The summed E-state index contributed by atoms with van der Waals surface area (Å²) in [5.41, 5.74) is 9.20. The highest BCUT2D eigenvalue weighted by molar-refractivity contribution is 5.39. The van der Waals surface area contributed by atoms with Crippen LogP contribution in [-0.2, 0) is 13.0 Å². The Labute approximate surface area is 126 Å². The molecule has 2 aromatic carbocycles. The molecule has 3 nitrogen and oxygen atoms in total. The average Bonchev–Trinajstić information content (AvgIpc) is 2.71. The van der Waals surface area contributed by atoms with Gasteiger partial charge >= 0.3 is 0 Å². The minimum absolute atomic E-state index is 0.777. The maximum absolute atomic E-state index is 5.80. The van der Waals surface area contributed by atoms with Gasteiger partial charge in [0.2, 0.25) is 0 Å². The fraction of sp³-hybridized carbons (Fsp3) is 0.333. The first-order valence-electron chi connectivity index (χ1n) is 7.59. The summed E-state index contributed by atoms with van der Waals surface area (Å²) in [4.78, 5) is 2.48. The van der Waals surface area contributed by atoms with Gasteiger partial charge in [0.05, 0.1) is 0 Å². The monoisotopic (exact) mass is 282 g/mol. The third-order valence-electron chi connectivity index (χ3n) is 3.95. The van der Waals surface area contributed by atoms with Crippen molar-refractivity contribution in [1.82, 2.24) is 4.90 Å². The van der Waals surface area contributed by atoms with E-state index >= 15 is 0 Å². The fourth-order valence-corrected chi connectivity index (χ4v) is 2.76. The molecule has 0 spiro atoms. The summed E-state index contributed by atoms with van der Waals surface area (Å²) in [6.07, 6.45) is 2.26. The lowest BCUT2D eigenvalue weighted by Gasteiger charge is -2.19. The molecule has 110 valence electrons. The summed E-state index contributed by atoms with van der Waals surface area (Å²) in [5.74, 6) is 1.04. The zero-order valence-corrected chi connectivity index (χ0v) is 12.3. The Bertz CT molecular complexity index is 580. The Balaban J connectivity index is 1.53. The molecule has 0 unspecified atom stereocenters. The molecule has 0 saturated carbocycles. The van der Waals surface area contributed by atoms with Gasteiger partial charge in [0.1, 0.15) is 12.4 Å². The predicted molar refractivity (Wildman–Crippen MR) is 86.4 cm³/mol. The average molecular weight is 282 g/mol. The smallest absolute Gasteiger partial charge is 0.123 e. The van der Waals surface area contributed by atoms with Gasteiger partial charge in [-0.25, -0.2) is 0 Å². The van der Waals surface area contributed by atoms with Gasteiger partial charge in [-0.05, 0) is 43.1 Å². The molecule has 0 radical (unpaired) electrons. The second-order valence-corrected chi connectivity index (χ2v) is 5.58. The maximum atomic E-state index is 5.80. The van der Waals surface area contributed by atoms with E-state index in [1.54, 1.807) is 0 Å². The van der Waals surface area contributed by atoms with Crippen molar-refractivity contribution in [1.29, 1.82) is 0 Å². The van der Waals surface area contributed by atoms with Crippen LogP contribution in [0.2, 0.25) is 0 Å². The van der Waals surface area contributed by atoms with E-state index in [0.717, 1.165) is 50.5 Å². The summed E-state index contributed by atoms with van der Waals surface area (Å²) in [6, 6.07) is 16.5. The number of ether oxygens (including phenoxy) is 1. The molecule has 0 amide bonds. The maximum Gasteiger partial charge on any atom is 0.123 e. The topological polar surface area (TPSA) is 38.5 Å². The lowest BCUT2D eigenvalue weighted by molar-refractivity contribution is 0.224. The molecule has 2 aromatic rings. The normalized spacial score (nSPS) is 15.0. The molecule has 1 heterocycles. The van der Waals surface area contributed by atoms with Crippen molar-refractivity contribution in [2.45, 2.75) is 19.4 Å². The number of hydrogen-bond acceptors (Lipinski definition) is 3. The van der Waals surface area contributed by atoms with E-state index in [-0.39, 0.29) is 0 Å². The molecular weight excluding hydrogens is 260 g/mol. The number of nitrogens with two attached hydrogens (primary N) is 1. The van der Waals surface area contributed by atoms with E-state index < -0.39 is 0 Å². The van der Waals surface area contributed by atoms with Crippen molar-refractivity contribution in [3.63, 3.8) is 0 Å². The molecule has 0 aromatic heterocycles. The minimum Gasteiger partial charge on any atom is -0.492 e. The number of fused-ring (bicyclic) bond motifs is 1. The third-order valence-corrected chi connectivity index (χ3v) is 3.95. The number of para-hydroxylation sites is 1. The first-order valence-corrected chi connectivity index (χ1v) is 7.59. The molecule has 0 fully saturated rings. The molecular formula is C18H22N2O. The Hall–Kier alpha value is -2.00. The lowest BCUT2D eigenvalue weighted by Crippen LogP contribution is -2.27. The zero-order valence-electron chi connectivity index (χ0n) is 12.3. The largest absolute Gasteiger partial charge is 0.492 e. The Kier molecular flexibility index (Phi) is 4.41. The van der Waals surface area contributed by atoms with Gasteiger partial charge in [-0.3, -0.25) is 4.90 Å². The van der Waals surface area contributed by atoms with Crippen molar-refractivity contribution in [2.75, 3.05) is 25.4 Å². The number of aryl methyl sites for hydroxylation is 1. The molecule has 0 bridgehead atoms. The predicted octanol–water partition coefficient (Wildman–Crippen LogP) is 3.10. The molecule has 0 saturated heterocycles. The minimum atomic E-state index is 0.777. The van der Waals surface area contributed by atoms with Gasteiger partial charge < -0.3 is 10.5 Å². The van der Waals surface area contributed by atoms with Gasteiger partial charge in [0.15, 0.2) is 0 Å². The van der Waals surface area contributed by atoms with Crippen LogP contribution in [0, 0.1) is 0 Å². The quantitative estimate of drug-likeness (QED) is 0.876. The van der Waals surface area contributed by atoms with E-state index in [9.17, 15) is 0 Å². The highest BCUT2D eigenvalue weighted by Crippen LogP contribution is 2.22. The van der Waals surface area contributed by atoms with Crippen molar-refractivity contribution in [3.05, 3.63) is 59.7 Å². The van der Waals surface area contributed by atoms with E-state index in [1.807, 2.05) is 18.2 Å². The summed E-state index contributed by atoms with van der Waals surface area (Å²) in [7, 11) is 0. The molecule has 21 heavy (non-hydrogen) atoms. The number of benzene rings is 2. The highest BCUT2D eigenvalue weighted by atomic mass is 16.5. The van der Waals surface area contributed by atoms with Crippen molar-refractivity contribution in [2.24, 2.45) is 0 Å². The fourth-order valence-electron chi connectivity index (χ4n) is 2.76. The van der Waals surface area contributed by atoms with Crippen LogP contribution in [0.25, 0.3) is 0 Å². The van der Waals surface area contributed by atoms with E-state index in [0.29, 0.717) is 0 Å². The Morgan fingerprint density at radius 1 is 1.05 bits per heavy atom. The van der Waals surface area contributed by atoms with Crippen molar-refractivity contribution >= 4 is 5.69 Å². The second-order valence-electron chi connectivity index (χ2n) is 5.58. The van der Waals surface area contributed by atoms with Gasteiger partial charge in [0.25, 0.3) is 0 Å². The molecule has 3 heteroatoms. The Morgan fingerprint density at radius 3 is 2.71 bits per heavy atom. The highest BCUT2D eigenvalue weighted by Gasteiger charge is 2.14. The van der Waals surface area contributed by atoms with Crippen molar-refractivity contribution < 1.29 is 4.74 Å². The molecule has 2 N–H and O–H groups in total. The van der Waals surface area contributed by atoms with Crippen LogP contribution in [0.1, 0.15) is 17.5 Å². The van der Waals surface area contributed by atoms with E-state index in [1.165, 1.54) is 11.1 Å². The first kappa shape index (κ1) is 14.0. The van der Waals surface area contributed by atoms with Gasteiger partial charge in [0, 0.05) is 24.3 Å². The van der Waals surface area contributed by atoms with Crippen LogP contribution in [0.5, 0.6) is 5.75 Å². The third kappa shape index (κ3) is 3.76. The SMILES string of the molecule is Nc1ccc(CCCN2CCOc3ccccc3C2)cc1. The van der Waals surface area contributed by atoms with Gasteiger partial charge in [-0.1, -0.05) is 30.3 Å². The van der Waals surface area contributed by atoms with Crippen molar-refractivity contribution in [3.8, 4) is 5.75 Å². The number of rotatable bonds is 4.